The van der Waals surface area contributed by atoms with Gasteiger partial charge in [0.1, 0.15) is 0 Å². The van der Waals surface area contributed by atoms with Gasteiger partial charge in [0, 0.05) is 14.3 Å². The maximum absolute atomic E-state index is 12.9. The van der Waals surface area contributed by atoms with Crippen molar-refractivity contribution >= 4 is 33.7 Å². The number of rotatable bonds is 3. The first-order valence-corrected chi connectivity index (χ1v) is 7.26. The lowest BCUT2D eigenvalue weighted by Crippen LogP contribution is -2.06. The second-order valence-electron chi connectivity index (χ2n) is 4.07. The number of alkyl halides is 3. The summed E-state index contributed by atoms with van der Waals surface area (Å²) >= 11 is 4.08. The van der Waals surface area contributed by atoms with Crippen molar-refractivity contribution in [2.45, 2.75) is 16.0 Å². The Kier molecular flexibility index (Phi) is 4.63. The molecule has 2 rings (SSSR count). The molecule has 0 atom stereocenters. The van der Waals surface area contributed by atoms with E-state index in [1.54, 1.807) is 0 Å². The fourth-order valence-electron chi connectivity index (χ4n) is 1.61. The molecule has 7 heteroatoms. The zero-order valence-electron chi connectivity index (χ0n) is 10.3. The molecule has 0 spiro atoms. The third-order valence-corrected chi connectivity index (χ3v) is 4.14. The SMILES string of the molecule is O=C(O)c1ccc(Sc2cc(Br)ccc2C(F)(F)F)cc1. The molecule has 0 aliphatic carbocycles. The molecule has 0 aliphatic rings. The summed E-state index contributed by atoms with van der Waals surface area (Å²) in [7, 11) is 0. The zero-order chi connectivity index (χ0) is 15.6. The van der Waals surface area contributed by atoms with Crippen LogP contribution in [0.4, 0.5) is 13.2 Å². The van der Waals surface area contributed by atoms with Crippen LogP contribution in [0.3, 0.4) is 0 Å². The maximum atomic E-state index is 12.9. The molecule has 2 aromatic rings. The highest BCUT2D eigenvalue weighted by Crippen LogP contribution is 2.40. The summed E-state index contributed by atoms with van der Waals surface area (Å²) in [5.74, 6) is -1.08. The number of carbonyl (C=O) groups is 1. The number of carboxylic acids is 1. The molecule has 0 aliphatic heterocycles. The third-order valence-electron chi connectivity index (χ3n) is 2.58. The lowest BCUT2D eigenvalue weighted by atomic mass is 10.2. The van der Waals surface area contributed by atoms with Gasteiger partial charge in [0.2, 0.25) is 0 Å². The van der Waals surface area contributed by atoms with Gasteiger partial charge in [0.25, 0.3) is 0 Å². The molecule has 1 N–H and O–H groups in total. The number of carboxylic acid groups (broad SMARTS) is 1. The highest BCUT2D eigenvalue weighted by Gasteiger charge is 2.33. The third kappa shape index (κ3) is 4.01. The van der Waals surface area contributed by atoms with Crippen molar-refractivity contribution < 1.29 is 23.1 Å². The first-order valence-electron chi connectivity index (χ1n) is 5.65. The summed E-state index contributed by atoms with van der Waals surface area (Å²) < 4.78 is 39.4. The van der Waals surface area contributed by atoms with Crippen molar-refractivity contribution in [3.63, 3.8) is 0 Å². The quantitative estimate of drug-likeness (QED) is 0.787. The van der Waals surface area contributed by atoms with Gasteiger partial charge in [0.15, 0.2) is 0 Å². The van der Waals surface area contributed by atoms with Crippen LogP contribution in [0.25, 0.3) is 0 Å². The van der Waals surface area contributed by atoms with Gasteiger partial charge in [-0.05, 0) is 42.5 Å². The van der Waals surface area contributed by atoms with E-state index in [2.05, 4.69) is 15.9 Å². The molecule has 0 saturated heterocycles. The molecule has 0 radical (unpaired) electrons. The Morgan fingerprint density at radius 1 is 1.10 bits per heavy atom. The first-order chi connectivity index (χ1) is 9.77. The topological polar surface area (TPSA) is 37.3 Å². The Labute approximate surface area is 131 Å². The fourth-order valence-corrected chi connectivity index (χ4v) is 3.13. The molecule has 0 saturated carbocycles. The maximum Gasteiger partial charge on any atom is 0.417 e. The van der Waals surface area contributed by atoms with Gasteiger partial charge in [-0.2, -0.15) is 13.2 Å². The van der Waals surface area contributed by atoms with Crippen molar-refractivity contribution in [1.29, 1.82) is 0 Å². The van der Waals surface area contributed by atoms with E-state index in [1.807, 2.05) is 0 Å². The summed E-state index contributed by atoms with van der Waals surface area (Å²) in [6.45, 7) is 0. The lowest BCUT2D eigenvalue weighted by Gasteiger charge is -2.12. The highest BCUT2D eigenvalue weighted by molar-refractivity contribution is 9.10. The normalized spacial score (nSPS) is 11.4. The predicted molar refractivity (Wildman–Crippen MR) is 76.7 cm³/mol. The molecular weight excluding hydrogens is 369 g/mol. The van der Waals surface area contributed by atoms with E-state index in [-0.39, 0.29) is 10.5 Å². The molecule has 0 unspecified atom stereocenters. The zero-order valence-corrected chi connectivity index (χ0v) is 12.7. The van der Waals surface area contributed by atoms with Crippen LogP contribution in [0.5, 0.6) is 0 Å². The van der Waals surface area contributed by atoms with Gasteiger partial charge in [0.05, 0.1) is 11.1 Å². The van der Waals surface area contributed by atoms with E-state index in [1.165, 1.54) is 36.4 Å². The average Bonchev–Trinajstić information content (AvgIpc) is 2.38. The Morgan fingerprint density at radius 3 is 2.24 bits per heavy atom. The van der Waals surface area contributed by atoms with Crippen molar-refractivity contribution in [1.82, 2.24) is 0 Å². The van der Waals surface area contributed by atoms with E-state index in [9.17, 15) is 18.0 Å². The van der Waals surface area contributed by atoms with Gasteiger partial charge in [-0.3, -0.25) is 0 Å². The van der Waals surface area contributed by atoms with Crippen LogP contribution < -0.4 is 0 Å². The second-order valence-corrected chi connectivity index (χ2v) is 6.10. The number of benzene rings is 2. The Bertz CT molecular complexity index is 669. The second kappa shape index (κ2) is 6.11. The first kappa shape index (κ1) is 15.9. The van der Waals surface area contributed by atoms with Gasteiger partial charge < -0.3 is 5.11 Å². The molecule has 2 aromatic carbocycles. The summed E-state index contributed by atoms with van der Waals surface area (Å²) in [5.41, 5.74) is -0.636. The summed E-state index contributed by atoms with van der Waals surface area (Å²) in [5, 5.41) is 8.79. The van der Waals surface area contributed by atoms with E-state index in [4.69, 9.17) is 5.11 Å². The molecule has 0 amide bonds. The highest BCUT2D eigenvalue weighted by atomic mass is 79.9. The monoisotopic (exact) mass is 376 g/mol. The van der Waals surface area contributed by atoms with Gasteiger partial charge in [-0.15, -0.1) is 0 Å². The van der Waals surface area contributed by atoms with Crippen molar-refractivity contribution in [3.05, 3.63) is 58.1 Å². The fraction of sp³-hybridized carbons (Fsp3) is 0.0714. The average molecular weight is 377 g/mol. The molecular formula is C14H8BrF3O2S. The standard InChI is InChI=1S/C14H8BrF3O2S/c15-9-3-6-11(14(16,17)18)12(7-9)21-10-4-1-8(2-5-10)13(19)20/h1-7H,(H,19,20). The van der Waals surface area contributed by atoms with Crippen LogP contribution in [0.1, 0.15) is 15.9 Å². The number of hydrogen-bond acceptors (Lipinski definition) is 2. The van der Waals surface area contributed by atoms with Crippen molar-refractivity contribution in [3.8, 4) is 0 Å². The van der Waals surface area contributed by atoms with Crippen molar-refractivity contribution in [2.24, 2.45) is 0 Å². The molecule has 0 aromatic heterocycles. The van der Waals surface area contributed by atoms with E-state index >= 15 is 0 Å². The summed E-state index contributed by atoms with van der Waals surface area (Å²) in [4.78, 5) is 11.3. The van der Waals surface area contributed by atoms with Gasteiger partial charge in [-0.25, -0.2) is 4.79 Å². The molecule has 0 heterocycles. The van der Waals surface area contributed by atoms with Crippen LogP contribution in [0.15, 0.2) is 56.7 Å². The van der Waals surface area contributed by atoms with Gasteiger partial charge >= 0.3 is 12.1 Å². The summed E-state index contributed by atoms with van der Waals surface area (Å²) in [6, 6.07) is 9.41. The molecule has 110 valence electrons. The Balaban J connectivity index is 2.34. The van der Waals surface area contributed by atoms with E-state index in [0.717, 1.165) is 17.8 Å². The van der Waals surface area contributed by atoms with Crippen LogP contribution in [0.2, 0.25) is 0 Å². The summed E-state index contributed by atoms with van der Waals surface area (Å²) in [6.07, 6.45) is -4.44. The minimum absolute atomic E-state index is 0.0555. The number of halogens is 4. The minimum atomic E-state index is -4.44. The molecule has 2 nitrogen and oxygen atoms in total. The van der Waals surface area contributed by atoms with Crippen molar-refractivity contribution in [2.75, 3.05) is 0 Å². The van der Waals surface area contributed by atoms with Crippen LogP contribution in [-0.2, 0) is 6.18 Å². The number of hydrogen-bond donors (Lipinski definition) is 1. The van der Waals surface area contributed by atoms with E-state index < -0.39 is 17.7 Å². The Hall–Kier alpha value is -1.47. The number of aromatic carboxylic acids is 1. The predicted octanol–water partition coefficient (Wildman–Crippen LogP) is 5.32. The molecule has 0 bridgehead atoms. The van der Waals surface area contributed by atoms with Crippen LogP contribution >= 0.6 is 27.7 Å². The van der Waals surface area contributed by atoms with E-state index in [0.29, 0.717) is 9.37 Å². The Morgan fingerprint density at radius 2 is 1.71 bits per heavy atom. The van der Waals surface area contributed by atoms with Crippen LogP contribution in [0, 0.1) is 0 Å². The van der Waals surface area contributed by atoms with Gasteiger partial charge in [-0.1, -0.05) is 27.7 Å². The smallest absolute Gasteiger partial charge is 0.417 e. The minimum Gasteiger partial charge on any atom is -0.478 e. The van der Waals surface area contributed by atoms with Crippen LogP contribution in [-0.4, -0.2) is 11.1 Å². The lowest BCUT2D eigenvalue weighted by molar-refractivity contribution is -0.139. The molecule has 0 fully saturated rings. The molecule has 21 heavy (non-hydrogen) atoms. The largest absolute Gasteiger partial charge is 0.478 e.